The largest absolute Gasteiger partial charge is 0.305 e. The average Bonchev–Trinajstić information content (AvgIpc) is 2.68. The van der Waals surface area contributed by atoms with Crippen LogP contribution in [0.25, 0.3) is 0 Å². The van der Waals surface area contributed by atoms with Gasteiger partial charge in [0.15, 0.2) is 0 Å². The summed E-state index contributed by atoms with van der Waals surface area (Å²) in [5.74, 6) is 0. The Morgan fingerprint density at radius 3 is 2.86 bits per heavy atom. The van der Waals surface area contributed by atoms with Crippen LogP contribution in [0, 0.1) is 11.3 Å². The van der Waals surface area contributed by atoms with Gasteiger partial charge >= 0.3 is 0 Å². The molecule has 0 aliphatic carbocycles. The van der Waals surface area contributed by atoms with Crippen molar-refractivity contribution >= 4 is 10.0 Å². The number of pyridine rings is 1. The predicted molar refractivity (Wildman–Crippen MR) is 79.0 cm³/mol. The van der Waals surface area contributed by atoms with Crippen LogP contribution in [0.5, 0.6) is 0 Å². The van der Waals surface area contributed by atoms with Crippen LogP contribution in [0.1, 0.15) is 25.3 Å². The number of hydrogen-bond donors (Lipinski definition) is 0. The molecule has 7 heteroatoms. The third kappa shape index (κ3) is 3.40. The van der Waals surface area contributed by atoms with Crippen molar-refractivity contribution in [2.24, 2.45) is 0 Å². The van der Waals surface area contributed by atoms with Gasteiger partial charge in [-0.05, 0) is 32.5 Å². The number of aromatic nitrogens is 1. The number of rotatable bonds is 3. The minimum atomic E-state index is -3.61. The monoisotopic (exact) mass is 308 g/mol. The molecule has 21 heavy (non-hydrogen) atoms. The summed E-state index contributed by atoms with van der Waals surface area (Å²) in [5.41, 5.74) is 0.260. The third-order valence-electron chi connectivity index (χ3n) is 3.77. The summed E-state index contributed by atoms with van der Waals surface area (Å²) >= 11 is 0. The van der Waals surface area contributed by atoms with Crippen molar-refractivity contribution in [1.29, 1.82) is 5.26 Å². The Kier molecular flexibility index (Phi) is 4.93. The van der Waals surface area contributed by atoms with E-state index in [4.69, 9.17) is 5.26 Å². The second-order valence-corrected chi connectivity index (χ2v) is 7.21. The zero-order valence-electron chi connectivity index (χ0n) is 12.4. The maximum Gasteiger partial charge on any atom is 0.244 e. The molecule has 1 aromatic rings. The Balaban J connectivity index is 2.38. The maximum atomic E-state index is 12.8. The fourth-order valence-electron chi connectivity index (χ4n) is 2.63. The van der Waals surface area contributed by atoms with Crippen LogP contribution in [-0.2, 0) is 10.0 Å². The van der Waals surface area contributed by atoms with Gasteiger partial charge in [-0.1, -0.05) is 6.92 Å². The van der Waals surface area contributed by atoms with Gasteiger partial charge in [0.1, 0.15) is 11.0 Å². The summed E-state index contributed by atoms with van der Waals surface area (Å²) < 4.78 is 27.2. The van der Waals surface area contributed by atoms with Gasteiger partial charge < -0.3 is 4.90 Å². The summed E-state index contributed by atoms with van der Waals surface area (Å²) in [6.07, 6.45) is 4.25. The van der Waals surface area contributed by atoms with Crippen molar-refractivity contribution in [2.45, 2.75) is 30.7 Å². The normalized spacial score (nSPS) is 21.7. The maximum absolute atomic E-state index is 12.8. The first-order valence-corrected chi connectivity index (χ1v) is 8.48. The highest BCUT2D eigenvalue weighted by atomic mass is 32.2. The quantitative estimate of drug-likeness (QED) is 0.834. The number of hydrogen-bond acceptors (Lipinski definition) is 5. The van der Waals surface area contributed by atoms with Crippen molar-refractivity contribution in [3.8, 4) is 6.07 Å². The molecular weight excluding hydrogens is 288 g/mol. The van der Waals surface area contributed by atoms with Crippen LogP contribution in [0.2, 0.25) is 0 Å². The molecule has 1 atom stereocenters. The first kappa shape index (κ1) is 15.9. The van der Waals surface area contributed by atoms with Gasteiger partial charge in [0.25, 0.3) is 0 Å². The minimum absolute atomic E-state index is 0.0479. The van der Waals surface area contributed by atoms with Gasteiger partial charge in [-0.3, -0.25) is 4.98 Å². The predicted octanol–water partition coefficient (Wildman–Crippen LogP) is 1.06. The van der Waals surface area contributed by atoms with Crippen LogP contribution in [0.3, 0.4) is 0 Å². The Morgan fingerprint density at radius 2 is 2.19 bits per heavy atom. The van der Waals surface area contributed by atoms with E-state index in [2.05, 4.69) is 9.88 Å². The van der Waals surface area contributed by atoms with E-state index in [1.54, 1.807) is 4.31 Å². The van der Waals surface area contributed by atoms with Crippen molar-refractivity contribution in [2.75, 3.05) is 26.7 Å². The molecule has 1 aliphatic rings. The second-order valence-electron chi connectivity index (χ2n) is 5.31. The van der Waals surface area contributed by atoms with E-state index in [1.165, 1.54) is 18.5 Å². The molecule has 114 valence electrons. The van der Waals surface area contributed by atoms with E-state index in [1.807, 2.05) is 20.0 Å². The number of sulfonamides is 1. The van der Waals surface area contributed by atoms with Crippen LogP contribution >= 0.6 is 0 Å². The molecule has 0 saturated carbocycles. The molecule has 1 aromatic heterocycles. The van der Waals surface area contributed by atoms with E-state index in [9.17, 15) is 8.42 Å². The van der Waals surface area contributed by atoms with Gasteiger partial charge in [-0.25, -0.2) is 8.42 Å². The van der Waals surface area contributed by atoms with E-state index in [-0.39, 0.29) is 16.5 Å². The fourth-order valence-corrected chi connectivity index (χ4v) is 4.35. The molecule has 0 unspecified atom stereocenters. The molecule has 2 heterocycles. The molecule has 0 bridgehead atoms. The summed E-state index contributed by atoms with van der Waals surface area (Å²) in [7, 11) is -1.60. The minimum Gasteiger partial charge on any atom is -0.305 e. The highest BCUT2D eigenvalue weighted by molar-refractivity contribution is 7.89. The average molecular weight is 308 g/mol. The van der Waals surface area contributed by atoms with Gasteiger partial charge in [0.2, 0.25) is 10.0 Å². The Hall–Kier alpha value is -1.49. The van der Waals surface area contributed by atoms with Crippen molar-refractivity contribution < 1.29 is 8.42 Å². The molecule has 1 saturated heterocycles. The lowest BCUT2D eigenvalue weighted by molar-refractivity contribution is 0.270. The molecule has 0 radical (unpaired) electrons. The lowest BCUT2D eigenvalue weighted by Gasteiger charge is -2.29. The Morgan fingerprint density at radius 1 is 1.43 bits per heavy atom. The molecule has 0 aromatic carbocycles. The van der Waals surface area contributed by atoms with Gasteiger partial charge in [-0.15, -0.1) is 0 Å². The molecular formula is C14H20N4O2S. The number of nitriles is 1. The number of likely N-dealkylation sites (N-methyl/N-ethyl adjacent to an activating group) is 1. The third-order valence-corrected chi connectivity index (χ3v) is 5.69. The summed E-state index contributed by atoms with van der Waals surface area (Å²) in [5, 5.41) is 8.91. The SMILES string of the molecule is CC[C@H]1CN(C)CCCN1S(=O)(=O)c1cncc(C#N)c1. The van der Waals surface area contributed by atoms with Gasteiger partial charge in [-0.2, -0.15) is 9.57 Å². The molecule has 0 spiro atoms. The Bertz CT molecular complexity index is 639. The van der Waals surface area contributed by atoms with Crippen LogP contribution in [-0.4, -0.2) is 55.3 Å². The highest BCUT2D eigenvalue weighted by Crippen LogP contribution is 2.22. The Labute approximate surface area is 126 Å². The van der Waals surface area contributed by atoms with Crippen molar-refractivity contribution in [1.82, 2.24) is 14.2 Å². The van der Waals surface area contributed by atoms with Gasteiger partial charge in [0.05, 0.1) is 5.56 Å². The highest BCUT2D eigenvalue weighted by Gasteiger charge is 2.33. The lowest BCUT2D eigenvalue weighted by atomic mass is 10.2. The molecule has 6 nitrogen and oxygen atoms in total. The molecule has 0 amide bonds. The van der Waals surface area contributed by atoms with Crippen molar-refractivity contribution in [3.05, 3.63) is 24.0 Å². The van der Waals surface area contributed by atoms with E-state index >= 15 is 0 Å². The first-order chi connectivity index (χ1) is 9.98. The van der Waals surface area contributed by atoms with Crippen LogP contribution in [0.4, 0.5) is 0 Å². The first-order valence-electron chi connectivity index (χ1n) is 7.04. The molecule has 0 N–H and O–H groups in total. The topological polar surface area (TPSA) is 77.3 Å². The van der Waals surface area contributed by atoms with E-state index < -0.39 is 10.0 Å². The van der Waals surface area contributed by atoms with Crippen LogP contribution < -0.4 is 0 Å². The van der Waals surface area contributed by atoms with Crippen molar-refractivity contribution in [3.63, 3.8) is 0 Å². The zero-order chi connectivity index (χ0) is 15.5. The molecule has 1 fully saturated rings. The second kappa shape index (κ2) is 6.52. The lowest BCUT2D eigenvalue weighted by Crippen LogP contribution is -2.43. The van der Waals surface area contributed by atoms with E-state index in [0.29, 0.717) is 6.54 Å². The van der Waals surface area contributed by atoms with E-state index in [0.717, 1.165) is 25.9 Å². The zero-order valence-corrected chi connectivity index (χ0v) is 13.2. The standard InChI is InChI=1S/C14H20N4O2S/c1-3-13-11-17(2)5-4-6-18(13)21(19,20)14-7-12(8-15)9-16-10-14/h7,9-10,13H,3-6,11H2,1-2H3/t13-/m0/s1. The van der Waals surface area contributed by atoms with Gasteiger partial charge in [0, 0.05) is 31.5 Å². The number of nitrogens with zero attached hydrogens (tertiary/aromatic N) is 4. The fraction of sp³-hybridized carbons (Fsp3) is 0.571. The smallest absolute Gasteiger partial charge is 0.244 e. The summed E-state index contributed by atoms with van der Waals surface area (Å²) in [6.45, 7) is 4.11. The molecule has 2 rings (SSSR count). The summed E-state index contributed by atoms with van der Waals surface area (Å²) in [6, 6.07) is 3.28. The molecule has 1 aliphatic heterocycles. The summed E-state index contributed by atoms with van der Waals surface area (Å²) in [4.78, 5) is 6.13. The van der Waals surface area contributed by atoms with Crippen LogP contribution in [0.15, 0.2) is 23.4 Å².